The van der Waals surface area contributed by atoms with E-state index in [2.05, 4.69) is 0 Å². The standard InChI is InChI=1S/C13H12Cl2O/c14-13(15)8-6-11(7-9-13)12(16)10-4-2-1-3-5-10/h1-8,12,16H,9H2. The zero-order chi connectivity index (χ0) is 11.6. The van der Waals surface area contributed by atoms with Crippen LogP contribution in [0, 0.1) is 0 Å². The molecule has 1 nitrogen and oxygen atoms in total. The molecule has 1 aliphatic carbocycles. The molecule has 16 heavy (non-hydrogen) atoms. The predicted octanol–water partition coefficient (Wildman–Crippen LogP) is 3.78. The number of hydrogen-bond acceptors (Lipinski definition) is 1. The lowest BCUT2D eigenvalue weighted by Crippen LogP contribution is -2.12. The molecule has 0 saturated heterocycles. The summed E-state index contributed by atoms with van der Waals surface area (Å²) in [7, 11) is 0. The van der Waals surface area contributed by atoms with Crippen LogP contribution >= 0.6 is 23.2 Å². The van der Waals surface area contributed by atoms with Gasteiger partial charge < -0.3 is 5.11 Å². The highest BCUT2D eigenvalue weighted by atomic mass is 35.5. The van der Waals surface area contributed by atoms with Crippen LogP contribution in [0.2, 0.25) is 0 Å². The van der Waals surface area contributed by atoms with E-state index in [9.17, 15) is 5.11 Å². The fourth-order valence-corrected chi connectivity index (χ4v) is 1.92. The van der Waals surface area contributed by atoms with Crippen molar-refractivity contribution < 1.29 is 5.11 Å². The van der Waals surface area contributed by atoms with Gasteiger partial charge in [-0.15, -0.1) is 0 Å². The summed E-state index contributed by atoms with van der Waals surface area (Å²) in [5.41, 5.74) is 1.71. The van der Waals surface area contributed by atoms with Crippen molar-refractivity contribution >= 4 is 23.2 Å². The molecule has 1 atom stereocenters. The summed E-state index contributed by atoms with van der Waals surface area (Å²) >= 11 is 11.9. The van der Waals surface area contributed by atoms with Crippen molar-refractivity contribution in [1.82, 2.24) is 0 Å². The summed E-state index contributed by atoms with van der Waals surface area (Å²) < 4.78 is -0.833. The fourth-order valence-electron chi connectivity index (χ4n) is 1.64. The van der Waals surface area contributed by atoms with Crippen molar-refractivity contribution in [2.75, 3.05) is 0 Å². The maximum atomic E-state index is 10.1. The highest BCUT2D eigenvalue weighted by molar-refractivity contribution is 6.50. The molecule has 0 radical (unpaired) electrons. The molecule has 0 aliphatic heterocycles. The molecule has 84 valence electrons. The fraction of sp³-hybridized carbons (Fsp3) is 0.231. The first-order valence-electron chi connectivity index (χ1n) is 5.09. The highest BCUT2D eigenvalue weighted by Crippen LogP contribution is 2.35. The van der Waals surface area contributed by atoms with Crippen molar-refractivity contribution in [3.8, 4) is 0 Å². The summed E-state index contributed by atoms with van der Waals surface area (Å²) in [4.78, 5) is 0. The van der Waals surface area contributed by atoms with E-state index in [0.29, 0.717) is 6.42 Å². The molecule has 0 fully saturated rings. The van der Waals surface area contributed by atoms with Gasteiger partial charge in [-0.2, -0.15) is 0 Å². The van der Waals surface area contributed by atoms with E-state index >= 15 is 0 Å². The van der Waals surface area contributed by atoms with Gasteiger partial charge in [0, 0.05) is 6.42 Å². The molecule has 0 aromatic heterocycles. The molecule has 1 unspecified atom stereocenters. The van der Waals surface area contributed by atoms with Crippen LogP contribution in [0.15, 0.2) is 54.1 Å². The smallest absolute Gasteiger partial charge is 0.140 e. The Hall–Kier alpha value is -0.760. The maximum absolute atomic E-state index is 10.1. The molecule has 1 N–H and O–H groups in total. The third kappa shape index (κ3) is 2.67. The molecule has 0 heterocycles. The van der Waals surface area contributed by atoms with E-state index in [1.165, 1.54) is 0 Å². The Bertz CT molecular complexity index is 421. The summed E-state index contributed by atoms with van der Waals surface area (Å²) in [6, 6.07) is 9.51. The number of alkyl halides is 2. The molecular formula is C13H12Cl2O. The molecular weight excluding hydrogens is 243 g/mol. The van der Waals surface area contributed by atoms with Crippen LogP contribution in [-0.4, -0.2) is 9.44 Å². The number of hydrogen-bond donors (Lipinski definition) is 1. The Labute approximate surface area is 105 Å². The second-order valence-corrected chi connectivity index (χ2v) is 5.36. The molecule has 1 aliphatic rings. The number of rotatable bonds is 2. The lowest BCUT2D eigenvalue weighted by molar-refractivity contribution is 0.219. The van der Waals surface area contributed by atoms with E-state index in [0.717, 1.165) is 11.1 Å². The van der Waals surface area contributed by atoms with Crippen molar-refractivity contribution in [2.45, 2.75) is 16.9 Å². The predicted molar refractivity (Wildman–Crippen MR) is 67.7 cm³/mol. The van der Waals surface area contributed by atoms with Gasteiger partial charge in [-0.3, -0.25) is 0 Å². The zero-order valence-corrected chi connectivity index (χ0v) is 10.1. The summed E-state index contributed by atoms with van der Waals surface area (Å²) in [5.74, 6) is 0. The Kier molecular flexibility index (Phi) is 3.38. The van der Waals surface area contributed by atoms with Crippen LogP contribution in [0.5, 0.6) is 0 Å². The SMILES string of the molecule is OC(C1=CCC(Cl)(Cl)C=C1)c1ccccc1. The lowest BCUT2D eigenvalue weighted by Gasteiger charge is -2.21. The number of halogens is 2. The average molecular weight is 255 g/mol. The largest absolute Gasteiger partial charge is 0.384 e. The van der Waals surface area contributed by atoms with Crippen LogP contribution < -0.4 is 0 Å². The molecule has 0 bridgehead atoms. The molecule has 0 amide bonds. The number of aliphatic hydroxyl groups excluding tert-OH is 1. The molecule has 2 rings (SSSR count). The Morgan fingerprint density at radius 3 is 2.44 bits per heavy atom. The summed E-state index contributed by atoms with van der Waals surface area (Å²) in [5, 5.41) is 10.1. The Morgan fingerprint density at radius 2 is 1.88 bits per heavy atom. The van der Waals surface area contributed by atoms with Crippen LogP contribution in [-0.2, 0) is 0 Å². The molecule has 1 aromatic carbocycles. The monoisotopic (exact) mass is 254 g/mol. The van der Waals surface area contributed by atoms with E-state index in [1.807, 2.05) is 36.4 Å². The minimum Gasteiger partial charge on any atom is -0.384 e. The topological polar surface area (TPSA) is 20.2 Å². The molecule has 1 aromatic rings. The highest BCUT2D eigenvalue weighted by Gasteiger charge is 2.23. The second kappa shape index (κ2) is 4.62. The van der Waals surface area contributed by atoms with Gasteiger partial charge in [0.05, 0.1) is 0 Å². The third-order valence-electron chi connectivity index (χ3n) is 2.56. The second-order valence-electron chi connectivity index (χ2n) is 3.82. The normalized spacial score (nSPS) is 20.3. The first kappa shape index (κ1) is 11.7. The van der Waals surface area contributed by atoms with E-state index in [4.69, 9.17) is 23.2 Å². The van der Waals surface area contributed by atoms with E-state index in [-0.39, 0.29) is 0 Å². The zero-order valence-electron chi connectivity index (χ0n) is 8.61. The van der Waals surface area contributed by atoms with Gasteiger partial charge in [-0.1, -0.05) is 65.7 Å². The van der Waals surface area contributed by atoms with Crippen LogP contribution in [0.4, 0.5) is 0 Å². The Balaban J connectivity index is 2.17. The molecule has 0 spiro atoms. The third-order valence-corrected chi connectivity index (χ3v) is 3.12. The number of aliphatic hydroxyl groups is 1. The molecule has 0 saturated carbocycles. The van der Waals surface area contributed by atoms with E-state index < -0.39 is 10.4 Å². The summed E-state index contributed by atoms with van der Waals surface area (Å²) in [6.07, 6.45) is 5.27. The number of allylic oxidation sites excluding steroid dienone is 2. The van der Waals surface area contributed by atoms with Crippen LogP contribution in [0.25, 0.3) is 0 Å². The first-order valence-corrected chi connectivity index (χ1v) is 5.84. The van der Waals surface area contributed by atoms with Crippen molar-refractivity contribution in [3.05, 3.63) is 59.7 Å². The maximum Gasteiger partial charge on any atom is 0.140 e. The Morgan fingerprint density at radius 1 is 1.19 bits per heavy atom. The van der Waals surface area contributed by atoms with Gasteiger partial charge in [0.15, 0.2) is 0 Å². The average Bonchev–Trinajstić information content (AvgIpc) is 2.29. The van der Waals surface area contributed by atoms with Gasteiger partial charge in [0.1, 0.15) is 10.4 Å². The van der Waals surface area contributed by atoms with Crippen molar-refractivity contribution in [1.29, 1.82) is 0 Å². The quantitative estimate of drug-likeness (QED) is 0.797. The van der Waals surface area contributed by atoms with Gasteiger partial charge in [-0.25, -0.2) is 0 Å². The first-order chi connectivity index (χ1) is 7.58. The van der Waals surface area contributed by atoms with Gasteiger partial charge in [-0.05, 0) is 17.2 Å². The van der Waals surface area contributed by atoms with Crippen LogP contribution in [0.1, 0.15) is 18.1 Å². The van der Waals surface area contributed by atoms with Crippen LogP contribution in [0.3, 0.4) is 0 Å². The summed E-state index contributed by atoms with van der Waals surface area (Å²) in [6.45, 7) is 0. The number of benzene rings is 1. The van der Waals surface area contributed by atoms with E-state index in [1.54, 1.807) is 12.2 Å². The molecule has 3 heteroatoms. The van der Waals surface area contributed by atoms with Gasteiger partial charge >= 0.3 is 0 Å². The minimum absolute atomic E-state index is 0.520. The van der Waals surface area contributed by atoms with Crippen molar-refractivity contribution in [3.63, 3.8) is 0 Å². The lowest BCUT2D eigenvalue weighted by atomic mass is 9.96. The van der Waals surface area contributed by atoms with Gasteiger partial charge in [0.25, 0.3) is 0 Å². The van der Waals surface area contributed by atoms with Gasteiger partial charge in [0.2, 0.25) is 0 Å². The van der Waals surface area contributed by atoms with Crippen molar-refractivity contribution in [2.24, 2.45) is 0 Å². The minimum atomic E-state index is -0.833.